The van der Waals surface area contributed by atoms with Crippen LogP contribution in [0.4, 0.5) is 0 Å². The van der Waals surface area contributed by atoms with E-state index in [1.807, 2.05) is 0 Å². The number of ether oxygens (including phenoxy) is 1. The average Bonchev–Trinajstić information content (AvgIpc) is 3.01. The Hall–Kier alpha value is -0.610. The fraction of sp³-hybridized carbons (Fsp3) is 0.923. The molecular weight excluding hydrogens is 218 g/mol. The maximum Gasteiger partial charge on any atom is 0.308 e. The minimum atomic E-state index is -0.600. The van der Waals surface area contributed by atoms with Gasteiger partial charge in [0.15, 0.2) is 0 Å². The normalized spacial score (nSPS) is 44.4. The molecule has 0 aromatic heterocycles. The number of hydrogen-bond acceptors (Lipinski definition) is 3. The summed E-state index contributed by atoms with van der Waals surface area (Å²) >= 11 is 0. The fourth-order valence-electron chi connectivity index (χ4n) is 3.99. The lowest BCUT2D eigenvalue weighted by molar-refractivity contribution is -0.144. The second-order valence-corrected chi connectivity index (χ2v) is 5.86. The van der Waals surface area contributed by atoms with Gasteiger partial charge < -0.3 is 15.2 Å². The number of rotatable bonds is 4. The molecule has 0 radical (unpaired) electrons. The number of carbonyl (C=O) groups is 1. The van der Waals surface area contributed by atoms with Gasteiger partial charge in [-0.05, 0) is 43.4 Å². The Labute approximate surface area is 102 Å². The van der Waals surface area contributed by atoms with Gasteiger partial charge in [0.25, 0.3) is 0 Å². The molecule has 4 nitrogen and oxygen atoms in total. The Bertz CT molecular complexity index is 301. The van der Waals surface area contributed by atoms with E-state index in [0.29, 0.717) is 17.8 Å². The topological polar surface area (TPSA) is 58.6 Å². The van der Waals surface area contributed by atoms with E-state index in [9.17, 15) is 9.90 Å². The molecular formula is C13H21NO3. The highest BCUT2D eigenvalue weighted by Crippen LogP contribution is 2.48. The molecule has 2 saturated carbocycles. The predicted molar refractivity (Wildman–Crippen MR) is 62.7 cm³/mol. The van der Waals surface area contributed by atoms with Gasteiger partial charge >= 0.3 is 5.97 Å². The molecule has 0 aromatic carbocycles. The van der Waals surface area contributed by atoms with E-state index in [4.69, 9.17) is 4.74 Å². The summed E-state index contributed by atoms with van der Waals surface area (Å²) in [5.41, 5.74) is 0. The molecule has 17 heavy (non-hydrogen) atoms. The van der Waals surface area contributed by atoms with Crippen LogP contribution in [0.5, 0.6) is 0 Å². The predicted octanol–water partition coefficient (Wildman–Crippen LogP) is 1.11. The van der Waals surface area contributed by atoms with Crippen LogP contribution >= 0.6 is 0 Å². The van der Waals surface area contributed by atoms with Gasteiger partial charge in [-0.1, -0.05) is 0 Å². The van der Waals surface area contributed by atoms with Crippen molar-refractivity contribution in [1.29, 1.82) is 0 Å². The Balaban J connectivity index is 1.59. The second kappa shape index (κ2) is 4.58. The first-order valence-corrected chi connectivity index (χ1v) is 6.79. The van der Waals surface area contributed by atoms with Crippen molar-refractivity contribution in [3.05, 3.63) is 0 Å². The number of hydrogen-bond donors (Lipinski definition) is 2. The summed E-state index contributed by atoms with van der Waals surface area (Å²) < 4.78 is 5.35. The number of carboxylic acids is 1. The third kappa shape index (κ3) is 2.08. The highest BCUT2D eigenvalue weighted by Gasteiger charge is 2.50. The molecule has 0 amide bonds. The van der Waals surface area contributed by atoms with Gasteiger partial charge in [0.2, 0.25) is 0 Å². The first-order chi connectivity index (χ1) is 8.25. The Morgan fingerprint density at radius 3 is 2.82 bits per heavy atom. The maximum absolute atomic E-state index is 11.3. The average molecular weight is 239 g/mol. The highest BCUT2D eigenvalue weighted by molar-refractivity contribution is 5.72. The zero-order valence-corrected chi connectivity index (χ0v) is 10.1. The second-order valence-electron chi connectivity index (χ2n) is 5.86. The first kappa shape index (κ1) is 11.5. The van der Waals surface area contributed by atoms with Crippen LogP contribution in [-0.2, 0) is 9.53 Å². The van der Waals surface area contributed by atoms with Crippen molar-refractivity contribution < 1.29 is 14.6 Å². The zero-order chi connectivity index (χ0) is 11.8. The van der Waals surface area contributed by atoms with Gasteiger partial charge in [0.05, 0.1) is 12.5 Å². The third-order valence-corrected chi connectivity index (χ3v) is 4.87. The van der Waals surface area contributed by atoms with Crippen LogP contribution in [-0.4, -0.2) is 36.9 Å². The molecule has 1 aliphatic heterocycles. The van der Waals surface area contributed by atoms with E-state index in [0.717, 1.165) is 39.0 Å². The van der Waals surface area contributed by atoms with Gasteiger partial charge in [-0.15, -0.1) is 0 Å². The Kier molecular flexibility index (Phi) is 3.09. The molecule has 1 saturated heterocycles. The van der Waals surface area contributed by atoms with E-state index in [1.54, 1.807) is 0 Å². The third-order valence-electron chi connectivity index (χ3n) is 4.87. The van der Waals surface area contributed by atoms with Crippen molar-refractivity contribution >= 4 is 5.97 Å². The largest absolute Gasteiger partial charge is 0.481 e. The van der Waals surface area contributed by atoms with E-state index in [1.165, 1.54) is 6.42 Å². The SMILES string of the molecule is O=C(O)C1C2CCC(C2)C1NCC1CCOC1. The van der Waals surface area contributed by atoms with Crippen LogP contribution in [0.15, 0.2) is 0 Å². The van der Waals surface area contributed by atoms with Gasteiger partial charge in [-0.3, -0.25) is 4.79 Å². The number of nitrogens with one attached hydrogen (secondary N) is 1. The van der Waals surface area contributed by atoms with E-state index in [2.05, 4.69) is 5.32 Å². The fourth-order valence-corrected chi connectivity index (χ4v) is 3.99. The van der Waals surface area contributed by atoms with Crippen molar-refractivity contribution in [3.63, 3.8) is 0 Å². The smallest absolute Gasteiger partial charge is 0.308 e. The van der Waals surface area contributed by atoms with Crippen LogP contribution in [0.2, 0.25) is 0 Å². The number of aliphatic carboxylic acids is 1. The summed E-state index contributed by atoms with van der Waals surface area (Å²) in [5, 5.41) is 12.9. The molecule has 3 rings (SSSR count). The van der Waals surface area contributed by atoms with Crippen molar-refractivity contribution in [2.75, 3.05) is 19.8 Å². The highest BCUT2D eigenvalue weighted by atomic mass is 16.5. The molecule has 0 spiro atoms. The van der Waals surface area contributed by atoms with Gasteiger partial charge in [-0.25, -0.2) is 0 Å². The molecule has 1 heterocycles. The maximum atomic E-state index is 11.3. The molecule has 0 aromatic rings. The summed E-state index contributed by atoms with van der Waals surface area (Å²) in [4.78, 5) is 11.3. The van der Waals surface area contributed by atoms with E-state index in [-0.39, 0.29) is 12.0 Å². The van der Waals surface area contributed by atoms with Crippen LogP contribution in [0.25, 0.3) is 0 Å². The van der Waals surface area contributed by atoms with Crippen molar-refractivity contribution in [2.45, 2.75) is 31.7 Å². The standard InChI is InChI=1S/C13H21NO3/c15-13(16)11-9-1-2-10(5-9)12(11)14-6-8-3-4-17-7-8/h8-12,14H,1-7H2,(H,15,16). The molecule has 96 valence electrons. The van der Waals surface area contributed by atoms with Crippen LogP contribution in [0.1, 0.15) is 25.7 Å². The molecule has 5 atom stereocenters. The first-order valence-electron chi connectivity index (χ1n) is 6.79. The molecule has 2 bridgehead atoms. The van der Waals surface area contributed by atoms with E-state index < -0.39 is 5.97 Å². The molecule has 4 heteroatoms. The monoisotopic (exact) mass is 239 g/mol. The van der Waals surface area contributed by atoms with Gasteiger partial charge in [-0.2, -0.15) is 0 Å². The summed E-state index contributed by atoms with van der Waals surface area (Å²) in [6.45, 7) is 2.63. The van der Waals surface area contributed by atoms with Gasteiger partial charge in [0.1, 0.15) is 0 Å². The Morgan fingerprint density at radius 1 is 1.29 bits per heavy atom. The van der Waals surface area contributed by atoms with Crippen molar-refractivity contribution in [2.24, 2.45) is 23.7 Å². The minimum absolute atomic E-state index is 0.143. The molecule has 2 aliphatic carbocycles. The lowest BCUT2D eigenvalue weighted by Gasteiger charge is -2.29. The van der Waals surface area contributed by atoms with Gasteiger partial charge in [0, 0.05) is 19.2 Å². The number of fused-ring (bicyclic) bond motifs is 2. The lowest BCUT2D eigenvalue weighted by Crippen LogP contribution is -2.45. The summed E-state index contributed by atoms with van der Waals surface area (Å²) in [5.74, 6) is 0.871. The molecule has 2 N–H and O–H groups in total. The quantitative estimate of drug-likeness (QED) is 0.771. The Morgan fingerprint density at radius 2 is 2.12 bits per heavy atom. The van der Waals surface area contributed by atoms with E-state index >= 15 is 0 Å². The van der Waals surface area contributed by atoms with Crippen LogP contribution in [0, 0.1) is 23.7 Å². The molecule has 3 aliphatic rings. The van der Waals surface area contributed by atoms with Crippen LogP contribution < -0.4 is 5.32 Å². The van der Waals surface area contributed by atoms with Crippen LogP contribution in [0.3, 0.4) is 0 Å². The van der Waals surface area contributed by atoms with Crippen molar-refractivity contribution in [3.8, 4) is 0 Å². The molecule has 3 fully saturated rings. The summed E-state index contributed by atoms with van der Waals surface area (Å²) in [7, 11) is 0. The van der Waals surface area contributed by atoms with Crippen molar-refractivity contribution in [1.82, 2.24) is 5.32 Å². The lowest BCUT2D eigenvalue weighted by atomic mass is 9.84. The minimum Gasteiger partial charge on any atom is -0.481 e. The molecule has 5 unspecified atom stereocenters. The zero-order valence-electron chi connectivity index (χ0n) is 10.1. The number of carboxylic acid groups (broad SMARTS) is 1. The summed E-state index contributed by atoms with van der Waals surface area (Å²) in [6, 6.07) is 0.215. The summed E-state index contributed by atoms with van der Waals surface area (Å²) in [6.07, 6.45) is 4.57.